The zero-order valence-corrected chi connectivity index (χ0v) is 6.83. The number of hydrogen-bond donors (Lipinski definition) is 1. The van der Waals surface area contributed by atoms with Crippen LogP contribution in [0.5, 0.6) is 5.75 Å². The van der Waals surface area contributed by atoms with E-state index in [4.69, 9.17) is 9.47 Å². The predicted octanol–water partition coefficient (Wildman–Crippen LogP) is 1.78. The topological polar surface area (TPSA) is 34.2 Å². The monoisotopic (exact) mass is 155 g/mol. The molecule has 0 amide bonds. The van der Waals surface area contributed by atoms with Crippen molar-refractivity contribution in [1.29, 1.82) is 0 Å². The fourth-order valence-corrected chi connectivity index (χ4v) is 0.842. The maximum Gasteiger partial charge on any atom is 0.197 e. The van der Waals surface area contributed by atoms with Crippen LogP contribution in [0.25, 0.3) is 0 Å². The standard InChI is InChI=1S/C8H13NO2/c1-3-10-7(2)11-8-4-5-9-6-8/h4-7,9H,3H2,1-2H3. The van der Waals surface area contributed by atoms with Gasteiger partial charge in [-0.2, -0.15) is 0 Å². The third-order valence-corrected chi connectivity index (χ3v) is 1.27. The van der Waals surface area contributed by atoms with Crippen LogP contribution in [0.15, 0.2) is 18.5 Å². The van der Waals surface area contributed by atoms with Crippen LogP contribution in [0, 0.1) is 0 Å². The summed E-state index contributed by atoms with van der Waals surface area (Å²) in [6, 6.07) is 1.86. The minimum absolute atomic E-state index is 0.171. The van der Waals surface area contributed by atoms with Crippen LogP contribution in [-0.4, -0.2) is 17.9 Å². The average Bonchev–Trinajstić information content (AvgIpc) is 2.40. The molecular weight excluding hydrogens is 142 g/mol. The van der Waals surface area contributed by atoms with Crippen LogP contribution >= 0.6 is 0 Å². The summed E-state index contributed by atoms with van der Waals surface area (Å²) in [6.07, 6.45) is 3.43. The molecule has 1 unspecified atom stereocenters. The molecule has 0 bridgehead atoms. The molecule has 3 nitrogen and oxygen atoms in total. The van der Waals surface area contributed by atoms with Gasteiger partial charge in [-0.1, -0.05) is 0 Å². The van der Waals surface area contributed by atoms with Gasteiger partial charge in [-0.25, -0.2) is 0 Å². The van der Waals surface area contributed by atoms with E-state index in [1.165, 1.54) is 0 Å². The number of ether oxygens (including phenoxy) is 2. The maximum atomic E-state index is 5.34. The van der Waals surface area contributed by atoms with Gasteiger partial charge in [-0.3, -0.25) is 0 Å². The van der Waals surface area contributed by atoms with Gasteiger partial charge in [0.2, 0.25) is 0 Å². The smallest absolute Gasteiger partial charge is 0.197 e. The van der Waals surface area contributed by atoms with Crippen molar-refractivity contribution >= 4 is 0 Å². The van der Waals surface area contributed by atoms with E-state index < -0.39 is 0 Å². The van der Waals surface area contributed by atoms with Crippen molar-refractivity contribution in [2.75, 3.05) is 6.61 Å². The molecule has 0 saturated carbocycles. The van der Waals surface area contributed by atoms with Crippen LogP contribution < -0.4 is 4.74 Å². The number of aromatic nitrogens is 1. The third kappa shape index (κ3) is 2.63. The molecule has 0 aliphatic carbocycles. The minimum Gasteiger partial charge on any atom is -0.464 e. The first kappa shape index (κ1) is 8.14. The second-order valence-corrected chi connectivity index (χ2v) is 2.19. The normalized spacial score (nSPS) is 12.9. The van der Waals surface area contributed by atoms with Crippen molar-refractivity contribution in [3.63, 3.8) is 0 Å². The predicted molar refractivity (Wildman–Crippen MR) is 42.5 cm³/mol. The maximum absolute atomic E-state index is 5.34. The van der Waals surface area contributed by atoms with E-state index in [1.54, 1.807) is 6.20 Å². The first-order valence-corrected chi connectivity index (χ1v) is 3.74. The van der Waals surface area contributed by atoms with Gasteiger partial charge in [0, 0.05) is 19.0 Å². The van der Waals surface area contributed by atoms with Crippen LogP contribution in [0.3, 0.4) is 0 Å². The van der Waals surface area contributed by atoms with Crippen molar-refractivity contribution in [2.45, 2.75) is 20.1 Å². The molecule has 1 aromatic heterocycles. The first-order chi connectivity index (χ1) is 5.33. The van der Waals surface area contributed by atoms with Gasteiger partial charge >= 0.3 is 0 Å². The molecule has 1 aromatic rings. The highest BCUT2D eigenvalue weighted by Gasteiger charge is 2.01. The zero-order valence-electron chi connectivity index (χ0n) is 6.83. The van der Waals surface area contributed by atoms with Gasteiger partial charge in [0.05, 0.1) is 0 Å². The van der Waals surface area contributed by atoms with Gasteiger partial charge in [0.25, 0.3) is 0 Å². The quantitative estimate of drug-likeness (QED) is 0.672. The van der Waals surface area contributed by atoms with Gasteiger partial charge in [0.1, 0.15) is 5.75 Å². The second kappa shape index (κ2) is 4.03. The SMILES string of the molecule is CCOC(C)Oc1cc[nH]c1. The molecule has 0 aromatic carbocycles. The largest absolute Gasteiger partial charge is 0.464 e. The molecule has 0 fully saturated rings. The fraction of sp³-hybridized carbons (Fsp3) is 0.500. The Bertz CT molecular complexity index is 184. The van der Waals surface area contributed by atoms with Gasteiger partial charge in [-0.05, 0) is 19.9 Å². The van der Waals surface area contributed by atoms with Gasteiger partial charge in [0.15, 0.2) is 6.29 Å². The van der Waals surface area contributed by atoms with E-state index in [0.717, 1.165) is 5.75 Å². The molecule has 3 heteroatoms. The highest BCUT2D eigenvalue weighted by molar-refractivity contribution is 5.15. The van der Waals surface area contributed by atoms with Crippen LogP contribution in [0.1, 0.15) is 13.8 Å². The molecule has 1 atom stereocenters. The number of hydrogen-bond acceptors (Lipinski definition) is 2. The Labute approximate surface area is 66.3 Å². The lowest BCUT2D eigenvalue weighted by atomic mass is 10.6. The molecule has 0 aliphatic heterocycles. The highest BCUT2D eigenvalue weighted by atomic mass is 16.7. The van der Waals surface area contributed by atoms with E-state index >= 15 is 0 Å². The van der Waals surface area contributed by atoms with E-state index in [0.29, 0.717) is 6.61 Å². The van der Waals surface area contributed by atoms with Crippen LogP contribution in [0.4, 0.5) is 0 Å². The zero-order chi connectivity index (χ0) is 8.10. The lowest BCUT2D eigenvalue weighted by Crippen LogP contribution is -2.15. The van der Waals surface area contributed by atoms with E-state index in [2.05, 4.69) is 4.98 Å². The lowest BCUT2D eigenvalue weighted by Gasteiger charge is -2.12. The molecule has 1 heterocycles. The highest BCUT2D eigenvalue weighted by Crippen LogP contribution is 2.09. The Morgan fingerprint density at radius 3 is 3.00 bits per heavy atom. The number of nitrogens with one attached hydrogen (secondary N) is 1. The van der Waals surface area contributed by atoms with Gasteiger partial charge < -0.3 is 14.5 Å². The van der Waals surface area contributed by atoms with Crippen molar-refractivity contribution in [3.05, 3.63) is 18.5 Å². The summed E-state index contributed by atoms with van der Waals surface area (Å²) in [4.78, 5) is 2.90. The molecule has 1 N–H and O–H groups in total. The molecule has 1 rings (SSSR count). The number of H-pyrrole nitrogens is 1. The Balaban J connectivity index is 2.31. The summed E-state index contributed by atoms with van der Waals surface area (Å²) in [5.41, 5.74) is 0. The van der Waals surface area contributed by atoms with E-state index in [9.17, 15) is 0 Å². The van der Waals surface area contributed by atoms with Crippen molar-refractivity contribution in [3.8, 4) is 5.75 Å². The van der Waals surface area contributed by atoms with Crippen LogP contribution in [-0.2, 0) is 4.74 Å². The Kier molecular flexibility index (Phi) is 2.98. The van der Waals surface area contributed by atoms with Crippen LogP contribution in [0.2, 0.25) is 0 Å². The van der Waals surface area contributed by atoms with Crippen molar-refractivity contribution in [2.24, 2.45) is 0 Å². The third-order valence-electron chi connectivity index (χ3n) is 1.27. The molecule has 0 spiro atoms. The Morgan fingerprint density at radius 2 is 2.45 bits per heavy atom. The molecular formula is C8H13NO2. The summed E-state index contributed by atoms with van der Waals surface area (Å²) < 4.78 is 10.5. The summed E-state index contributed by atoms with van der Waals surface area (Å²) in [5.74, 6) is 0.811. The molecule has 11 heavy (non-hydrogen) atoms. The molecule has 0 aliphatic rings. The average molecular weight is 155 g/mol. The molecule has 62 valence electrons. The minimum atomic E-state index is -0.171. The van der Waals surface area contributed by atoms with E-state index in [1.807, 2.05) is 26.1 Å². The van der Waals surface area contributed by atoms with Crippen molar-refractivity contribution in [1.82, 2.24) is 4.98 Å². The number of aromatic amines is 1. The first-order valence-electron chi connectivity index (χ1n) is 3.74. The fourth-order valence-electron chi connectivity index (χ4n) is 0.842. The van der Waals surface area contributed by atoms with Crippen molar-refractivity contribution < 1.29 is 9.47 Å². The molecule has 0 saturated heterocycles. The number of rotatable bonds is 4. The summed E-state index contributed by atoms with van der Waals surface area (Å²) in [6.45, 7) is 4.49. The second-order valence-electron chi connectivity index (χ2n) is 2.19. The van der Waals surface area contributed by atoms with Gasteiger partial charge in [-0.15, -0.1) is 0 Å². The summed E-state index contributed by atoms with van der Waals surface area (Å²) >= 11 is 0. The molecule has 0 radical (unpaired) electrons. The Morgan fingerprint density at radius 1 is 1.64 bits per heavy atom. The Hall–Kier alpha value is -0.960. The summed E-state index contributed by atoms with van der Waals surface area (Å²) in [7, 11) is 0. The lowest BCUT2D eigenvalue weighted by molar-refractivity contribution is -0.0612. The summed E-state index contributed by atoms with van der Waals surface area (Å²) in [5, 5.41) is 0. The van der Waals surface area contributed by atoms with E-state index in [-0.39, 0.29) is 6.29 Å².